The van der Waals surface area contributed by atoms with Crippen molar-refractivity contribution in [2.45, 2.75) is 0 Å². The highest BCUT2D eigenvalue weighted by Crippen LogP contribution is 2.42. The summed E-state index contributed by atoms with van der Waals surface area (Å²) in [4.78, 5) is 10.4. The van der Waals surface area contributed by atoms with Gasteiger partial charge in [-0.3, -0.25) is 0 Å². The molecule has 0 spiro atoms. The van der Waals surface area contributed by atoms with Crippen LogP contribution >= 0.6 is 0 Å². The van der Waals surface area contributed by atoms with Gasteiger partial charge in [0.2, 0.25) is 0 Å². The minimum absolute atomic E-state index is 0.909. The third kappa shape index (κ3) is 6.04. The summed E-state index contributed by atoms with van der Waals surface area (Å²) in [5.41, 5.74) is 14.7. The zero-order valence-corrected chi connectivity index (χ0v) is 33.1. The van der Waals surface area contributed by atoms with Crippen LogP contribution in [0, 0.1) is 0 Å². The monoisotopic (exact) mass is 776 g/mol. The minimum Gasteiger partial charge on any atom is -0.245 e. The maximum absolute atomic E-state index is 5.41. The Morgan fingerprint density at radius 2 is 0.852 bits per heavy atom. The van der Waals surface area contributed by atoms with Crippen molar-refractivity contribution >= 4 is 54.3 Å². The van der Waals surface area contributed by atoms with E-state index >= 15 is 0 Å². The summed E-state index contributed by atoms with van der Waals surface area (Å²) in [6.07, 6.45) is 0. The van der Waals surface area contributed by atoms with Crippen molar-refractivity contribution in [3.05, 3.63) is 218 Å². The van der Waals surface area contributed by atoms with E-state index in [2.05, 4.69) is 205 Å². The second-order valence-electron chi connectivity index (χ2n) is 15.7. The van der Waals surface area contributed by atoms with Crippen LogP contribution in [0.15, 0.2) is 218 Å². The molecule has 0 unspecified atom stereocenters. The number of pyridine rings is 2. The van der Waals surface area contributed by atoms with Crippen LogP contribution in [0.2, 0.25) is 0 Å². The zero-order valence-electron chi connectivity index (χ0n) is 33.1. The van der Waals surface area contributed by atoms with Gasteiger partial charge in [-0.1, -0.05) is 176 Å². The first-order valence-electron chi connectivity index (χ1n) is 20.7. The van der Waals surface area contributed by atoms with E-state index in [1.807, 2.05) is 18.2 Å². The Morgan fingerprint density at radius 3 is 1.54 bits per heavy atom. The van der Waals surface area contributed by atoms with Gasteiger partial charge < -0.3 is 0 Å². The van der Waals surface area contributed by atoms with Crippen molar-refractivity contribution in [1.82, 2.24) is 19.7 Å². The molecule has 4 nitrogen and oxygen atoms in total. The predicted molar refractivity (Wildman–Crippen MR) is 254 cm³/mol. The van der Waals surface area contributed by atoms with Crippen LogP contribution in [0.5, 0.6) is 0 Å². The number of nitrogens with zero attached hydrogens (tertiary/aromatic N) is 4. The Bertz CT molecular complexity index is 3610. The molecule has 3 heterocycles. The molecule has 0 aliphatic heterocycles. The van der Waals surface area contributed by atoms with E-state index in [4.69, 9.17) is 15.1 Å². The van der Waals surface area contributed by atoms with Crippen molar-refractivity contribution in [1.29, 1.82) is 0 Å². The highest BCUT2D eigenvalue weighted by molar-refractivity contribution is 6.17. The van der Waals surface area contributed by atoms with Gasteiger partial charge in [-0.2, -0.15) is 5.10 Å². The average Bonchev–Trinajstić information content (AvgIpc) is 3.75. The summed E-state index contributed by atoms with van der Waals surface area (Å²) in [7, 11) is 0. The quantitative estimate of drug-likeness (QED) is 0.158. The van der Waals surface area contributed by atoms with E-state index in [1.54, 1.807) is 0 Å². The third-order valence-corrected chi connectivity index (χ3v) is 12.0. The molecule has 0 amide bonds. The largest absolute Gasteiger partial charge is 0.245 e. The van der Waals surface area contributed by atoms with Crippen LogP contribution in [-0.4, -0.2) is 19.7 Å². The molecule has 0 bridgehead atoms. The molecule has 3 aromatic heterocycles. The van der Waals surface area contributed by atoms with Crippen LogP contribution in [0.4, 0.5) is 0 Å². The molecular formula is C57H36N4. The number of fused-ring (bicyclic) bond motifs is 7. The molecule has 284 valence electrons. The maximum atomic E-state index is 5.41. The minimum atomic E-state index is 0.909. The van der Waals surface area contributed by atoms with Gasteiger partial charge in [0, 0.05) is 38.2 Å². The smallest absolute Gasteiger partial charge is 0.101 e. The molecule has 12 aromatic rings. The Morgan fingerprint density at radius 1 is 0.328 bits per heavy atom. The lowest BCUT2D eigenvalue weighted by molar-refractivity contribution is 0.918. The molecule has 0 N–H and O–H groups in total. The third-order valence-electron chi connectivity index (χ3n) is 12.0. The van der Waals surface area contributed by atoms with Gasteiger partial charge in [0.1, 0.15) is 5.69 Å². The van der Waals surface area contributed by atoms with E-state index in [0.29, 0.717) is 0 Å². The van der Waals surface area contributed by atoms with Crippen LogP contribution in [0.3, 0.4) is 0 Å². The molecule has 0 atom stereocenters. The van der Waals surface area contributed by atoms with Crippen LogP contribution in [0.25, 0.3) is 116 Å². The molecule has 0 saturated carbocycles. The molecular weight excluding hydrogens is 741 g/mol. The second-order valence-corrected chi connectivity index (χ2v) is 15.7. The molecule has 0 aliphatic rings. The average molecular weight is 777 g/mol. The summed E-state index contributed by atoms with van der Waals surface area (Å²) in [6.45, 7) is 0. The van der Waals surface area contributed by atoms with Crippen LogP contribution in [0.1, 0.15) is 0 Å². The molecule has 61 heavy (non-hydrogen) atoms. The summed E-state index contributed by atoms with van der Waals surface area (Å²) < 4.78 is 2.14. The molecule has 0 aliphatic carbocycles. The number of benzene rings is 9. The Balaban J connectivity index is 0.941. The fourth-order valence-electron chi connectivity index (χ4n) is 8.90. The lowest BCUT2D eigenvalue weighted by atomic mass is 9.94. The van der Waals surface area contributed by atoms with Crippen molar-refractivity contribution < 1.29 is 0 Å². The molecule has 0 fully saturated rings. The molecule has 0 saturated heterocycles. The number of rotatable bonds is 6. The highest BCUT2D eigenvalue weighted by atomic mass is 15.3. The highest BCUT2D eigenvalue weighted by Gasteiger charge is 2.21. The number of hydrogen-bond acceptors (Lipinski definition) is 3. The normalized spacial score (nSPS) is 11.6. The number of hydrogen-bond donors (Lipinski definition) is 0. The first-order valence-corrected chi connectivity index (χ1v) is 20.7. The Labute approximate surface area is 352 Å². The lowest BCUT2D eigenvalue weighted by Gasteiger charge is -2.12. The predicted octanol–water partition coefficient (Wildman–Crippen LogP) is 14.8. The summed E-state index contributed by atoms with van der Waals surface area (Å²) >= 11 is 0. The van der Waals surface area contributed by atoms with Crippen molar-refractivity contribution in [3.63, 3.8) is 0 Å². The fourth-order valence-corrected chi connectivity index (χ4v) is 8.90. The SMILES string of the molecule is c1ccc(-c2ccc3ccc4ccc(-c5ccc6ccc(-c7ccc(-n8nc(-c9ccccc9)c9c(-c%10ccccc%10)cc%10ccccc%10c98)cc7)cc6c5)nc4c3n2)cc1. The van der Waals surface area contributed by atoms with Crippen molar-refractivity contribution in [3.8, 4) is 61.7 Å². The summed E-state index contributed by atoms with van der Waals surface area (Å²) in [6, 6.07) is 77.4. The van der Waals surface area contributed by atoms with Gasteiger partial charge in [-0.05, 0) is 80.9 Å². The first-order chi connectivity index (χ1) is 30.2. The van der Waals surface area contributed by atoms with E-state index in [9.17, 15) is 0 Å². The van der Waals surface area contributed by atoms with E-state index in [0.717, 1.165) is 88.7 Å². The van der Waals surface area contributed by atoms with Gasteiger partial charge in [0.05, 0.1) is 33.6 Å². The summed E-state index contributed by atoms with van der Waals surface area (Å²) in [5, 5.41) is 13.4. The van der Waals surface area contributed by atoms with E-state index in [-0.39, 0.29) is 0 Å². The second kappa shape index (κ2) is 14.3. The molecule has 12 rings (SSSR count). The fraction of sp³-hybridized carbons (Fsp3) is 0. The maximum Gasteiger partial charge on any atom is 0.101 e. The van der Waals surface area contributed by atoms with Crippen molar-refractivity contribution in [2.24, 2.45) is 0 Å². The van der Waals surface area contributed by atoms with Gasteiger partial charge in [0.15, 0.2) is 0 Å². The van der Waals surface area contributed by atoms with Gasteiger partial charge in [-0.25, -0.2) is 14.6 Å². The topological polar surface area (TPSA) is 43.6 Å². The zero-order chi connectivity index (χ0) is 40.3. The number of aromatic nitrogens is 4. The van der Waals surface area contributed by atoms with E-state index < -0.39 is 0 Å². The Hall–Kier alpha value is -8.21. The van der Waals surface area contributed by atoms with Crippen molar-refractivity contribution in [2.75, 3.05) is 0 Å². The van der Waals surface area contributed by atoms with Gasteiger partial charge in [-0.15, -0.1) is 0 Å². The standard InChI is InChI=1S/C57H36N4/c1-4-12-39(13-5-1)50-36-45-18-10-11-19-49(45)57-53(50)54(41-16-8-3-9-17-41)60-61(57)48-30-26-37(27-31-48)44-24-20-38-21-25-46(35-47(38)34-44)52-33-29-43-23-22-42-28-32-51(40-14-6-2-7-15-40)58-55(42)56(43)59-52/h1-36H. The first kappa shape index (κ1) is 34.8. The Kier molecular flexibility index (Phi) is 8.13. The molecule has 4 heteroatoms. The van der Waals surface area contributed by atoms with E-state index in [1.165, 1.54) is 27.3 Å². The van der Waals surface area contributed by atoms with Crippen LogP contribution < -0.4 is 0 Å². The van der Waals surface area contributed by atoms with Gasteiger partial charge >= 0.3 is 0 Å². The molecule has 9 aromatic carbocycles. The molecule has 0 radical (unpaired) electrons. The van der Waals surface area contributed by atoms with Crippen LogP contribution in [-0.2, 0) is 0 Å². The lowest BCUT2D eigenvalue weighted by Crippen LogP contribution is -1.97. The summed E-state index contributed by atoms with van der Waals surface area (Å²) in [5.74, 6) is 0. The van der Waals surface area contributed by atoms with Gasteiger partial charge in [0.25, 0.3) is 0 Å².